The minimum atomic E-state index is -0.0337. The number of amides is 1. The van der Waals surface area contributed by atoms with Crippen LogP contribution in [0.4, 0.5) is 0 Å². The van der Waals surface area contributed by atoms with Crippen molar-refractivity contribution in [2.75, 3.05) is 13.2 Å². The van der Waals surface area contributed by atoms with E-state index >= 15 is 0 Å². The number of benzene rings is 1. The Bertz CT molecular complexity index is 541. The molecule has 1 aliphatic heterocycles. The molecule has 1 amide bonds. The standard InChI is InChI=1S/C13H14N2O2/c16-13(15-10-5-7-17-8-10)11-3-1-2-9-4-6-14-12(9)11/h1-4,6,10,14H,5,7-8H2,(H,15,16). The normalized spacial score (nSPS) is 19.6. The number of nitrogens with one attached hydrogen (secondary N) is 2. The number of carbonyl (C=O) groups is 1. The summed E-state index contributed by atoms with van der Waals surface area (Å²) in [6.07, 6.45) is 2.74. The molecule has 17 heavy (non-hydrogen) atoms. The summed E-state index contributed by atoms with van der Waals surface area (Å²) in [5, 5.41) is 4.05. The van der Waals surface area contributed by atoms with Gasteiger partial charge in [0.05, 0.1) is 23.7 Å². The van der Waals surface area contributed by atoms with Crippen LogP contribution < -0.4 is 5.32 Å². The van der Waals surface area contributed by atoms with Crippen molar-refractivity contribution in [3.63, 3.8) is 0 Å². The van der Waals surface area contributed by atoms with Crippen molar-refractivity contribution < 1.29 is 9.53 Å². The smallest absolute Gasteiger partial charge is 0.253 e. The molecule has 2 heterocycles. The average Bonchev–Trinajstić information content (AvgIpc) is 2.97. The molecule has 3 rings (SSSR count). The van der Waals surface area contributed by atoms with Crippen molar-refractivity contribution >= 4 is 16.8 Å². The lowest BCUT2D eigenvalue weighted by atomic mass is 10.1. The van der Waals surface area contributed by atoms with Crippen molar-refractivity contribution in [1.29, 1.82) is 0 Å². The first-order valence-corrected chi connectivity index (χ1v) is 5.79. The second-order valence-electron chi connectivity index (χ2n) is 4.28. The summed E-state index contributed by atoms with van der Waals surface area (Å²) < 4.78 is 5.24. The van der Waals surface area contributed by atoms with Crippen molar-refractivity contribution in [2.24, 2.45) is 0 Å². The molecule has 2 N–H and O–H groups in total. The maximum Gasteiger partial charge on any atom is 0.253 e. The molecule has 2 aromatic rings. The number of ether oxygens (including phenoxy) is 1. The van der Waals surface area contributed by atoms with Crippen LogP contribution in [0.15, 0.2) is 30.5 Å². The Labute approximate surface area is 99.0 Å². The van der Waals surface area contributed by atoms with Crippen LogP contribution in [0.5, 0.6) is 0 Å². The Hall–Kier alpha value is -1.81. The third kappa shape index (κ3) is 1.91. The summed E-state index contributed by atoms with van der Waals surface area (Å²) in [5.74, 6) is -0.0337. The number of hydrogen-bond acceptors (Lipinski definition) is 2. The lowest BCUT2D eigenvalue weighted by molar-refractivity contribution is 0.0931. The van der Waals surface area contributed by atoms with Crippen LogP contribution >= 0.6 is 0 Å². The largest absolute Gasteiger partial charge is 0.379 e. The topological polar surface area (TPSA) is 54.1 Å². The van der Waals surface area contributed by atoms with E-state index < -0.39 is 0 Å². The van der Waals surface area contributed by atoms with Crippen LogP contribution in [0, 0.1) is 0 Å². The number of aromatic amines is 1. The van der Waals surface area contributed by atoms with Gasteiger partial charge in [-0.25, -0.2) is 0 Å². The van der Waals surface area contributed by atoms with Gasteiger partial charge in [-0.05, 0) is 18.6 Å². The van der Waals surface area contributed by atoms with E-state index in [2.05, 4.69) is 10.3 Å². The SMILES string of the molecule is O=C(NC1CCOC1)c1cccc2cc[nH]c12. The fraction of sp³-hybridized carbons (Fsp3) is 0.308. The fourth-order valence-corrected chi connectivity index (χ4v) is 2.19. The Balaban J connectivity index is 1.87. The van der Waals surface area contributed by atoms with Crippen molar-refractivity contribution in [2.45, 2.75) is 12.5 Å². The van der Waals surface area contributed by atoms with Crippen LogP contribution in [-0.4, -0.2) is 30.1 Å². The summed E-state index contributed by atoms with van der Waals surface area (Å²) in [6, 6.07) is 7.83. The highest BCUT2D eigenvalue weighted by Gasteiger charge is 2.19. The highest BCUT2D eigenvalue weighted by molar-refractivity contribution is 6.05. The molecule has 1 atom stereocenters. The van der Waals surface area contributed by atoms with Crippen LogP contribution in [0.1, 0.15) is 16.8 Å². The van der Waals surface area contributed by atoms with Gasteiger partial charge in [0, 0.05) is 18.2 Å². The maximum absolute atomic E-state index is 12.1. The first kappa shape index (κ1) is 10.4. The van der Waals surface area contributed by atoms with E-state index in [1.807, 2.05) is 30.5 Å². The quantitative estimate of drug-likeness (QED) is 0.824. The summed E-state index contributed by atoms with van der Waals surface area (Å²) in [6.45, 7) is 1.35. The molecule has 4 heteroatoms. The Morgan fingerprint density at radius 1 is 1.41 bits per heavy atom. The zero-order valence-corrected chi connectivity index (χ0v) is 9.40. The lowest BCUT2D eigenvalue weighted by Crippen LogP contribution is -2.35. The summed E-state index contributed by atoms with van der Waals surface area (Å²) in [5.41, 5.74) is 1.59. The second-order valence-corrected chi connectivity index (χ2v) is 4.28. The highest BCUT2D eigenvalue weighted by Crippen LogP contribution is 2.17. The molecular formula is C13H14N2O2. The number of aromatic nitrogens is 1. The van der Waals surface area contributed by atoms with Gasteiger partial charge in [0.15, 0.2) is 0 Å². The van der Waals surface area contributed by atoms with Gasteiger partial charge in [-0.2, -0.15) is 0 Å². The van der Waals surface area contributed by atoms with Crippen molar-refractivity contribution in [3.05, 3.63) is 36.0 Å². The van der Waals surface area contributed by atoms with E-state index in [-0.39, 0.29) is 11.9 Å². The maximum atomic E-state index is 12.1. The number of fused-ring (bicyclic) bond motifs is 1. The van der Waals surface area contributed by atoms with Crippen LogP contribution in [0.3, 0.4) is 0 Å². The third-order valence-electron chi connectivity index (χ3n) is 3.10. The second kappa shape index (κ2) is 4.22. The molecule has 88 valence electrons. The first-order valence-electron chi connectivity index (χ1n) is 5.79. The molecule has 1 aromatic carbocycles. The molecule has 1 aliphatic rings. The number of rotatable bonds is 2. The van der Waals surface area contributed by atoms with Gasteiger partial charge in [0.25, 0.3) is 5.91 Å². The van der Waals surface area contributed by atoms with Gasteiger partial charge in [0.1, 0.15) is 0 Å². The minimum absolute atomic E-state index is 0.0337. The van der Waals surface area contributed by atoms with Crippen molar-refractivity contribution in [1.82, 2.24) is 10.3 Å². The van der Waals surface area contributed by atoms with E-state index in [0.29, 0.717) is 12.2 Å². The number of hydrogen-bond donors (Lipinski definition) is 2. The van der Waals surface area contributed by atoms with E-state index in [1.54, 1.807) is 0 Å². The van der Waals surface area contributed by atoms with Gasteiger partial charge < -0.3 is 15.0 Å². The van der Waals surface area contributed by atoms with Crippen LogP contribution in [-0.2, 0) is 4.74 Å². The summed E-state index contributed by atoms with van der Waals surface area (Å²) in [4.78, 5) is 15.2. The van der Waals surface area contributed by atoms with Gasteiger partial charge in [-0.15, -0.1) is 0 Å². The number of H-pyrrole nitrogens is 1. The predicted molar refractivity (Wildman–Crippen MR) is 65.0 cm³/mol. The molecule has 0 aliphatic carbocycles. The number of carbonyl (C=O) groups excluding carboxylic acids is 1. The Morgan fingerprint density at radius 3 is 3.18 bits per heavy atom. The Morgan fingerprint density at radius 2 is 2.35 bits per heavy atom. The minimum Gasteiger partial charge on any atom is -0.379 e. The molecular weight excluding hydrogens is 216 g/mol. The zero-order chi connectivity index (χ0) is 11.7. The van der Waals surface area contributed by atoms with E-state index in [9.17, 15) is 4.79 Å². The third-order valence-corrected chi connectivity index (χ3v) is 3.10. The van der Waals surface area contributed by atoms with E-state index in [0.717, 1.165) is 23.9 Å². The Kier molecular flexibility index (Phi) is 2.57. The molecule has 1 fully saturated rings. The number of para-hydroxylation sites is 1. The molecule has 0 saturated carbocycles. The highest BCUT2D eigenvalue weighted by atomic mass is 16.5. The molecule has 0 spiro atoms. The monoisotopic (exact) mass is 230 g/mol. The average molecular weight is 230 g/mol. The van der Waals surface area contributed by atoms with Gasteiger partial charge in [0.2, 0.25) is 0 Å². The van der Waals surface area contributed by atoms with Gasteiger partial charge >= 0.3 is 0 Å². The fourth-order valence-electron chi connectivity index (χ4n) is 2.19. The van der Waals surface area contributed by atoms with E-state index in [4.69, 9.17) is 4.74 Å². The zero-order valence-electron chi connectivity index (χ0n) is 9.40. The van der Waals surface area contributed by atoms with Crippen LogP contribution in [0.25, 0.3) is 10.9 Å². The van der Waals surface area contributed by atoms with E-state index in [1.165, 1.54) is 0 Å². The predicted octanol–water partition coefficient (Wildman–Crippen LogP) is 1.69. The van der Waals surface area contributed by atoms with Gasteiger partial charge in [-0.1, -0.05) is 12.1 Å². The van der Waals surface area contributed by atoms with Crippen LogP contribution in [0.2, 0.25) is 0 Å². The molecule has 1 aromatic heterocycles. The molecule has 0 bridgehead atoms. The molecule has 0 radical (unpaired) electrons. The molecule has 4 nitrogen and oxygen atoms in total. The van der Waals surface area contributed by atoms with Crippen molar-refractivity contribution in [3.8, 4) is 0 Å². The molecule has 1 unspecified atom stereocenters. The molecule has 1 saturated heterocycles. The summed E-state index contributed by atoms with van der Waals surface area (Å²) in [7, 11) is 0. The lowest BCUT2D eigenvalue weighted by Gasteiger charge is -2.11. The van der Waals surface area contributed by atoms with Gasteiger partial charge in [-0.3, -0.25) is 4.79 Å². The first-order chi connectivity index (χ1) is 8.34. The summed E-state index contributed by atoms with van der Waals surface area (Å²) >= 11 is 0.